The van der Waals surface area contributed by atoms with Crippen LogP contribution in [0.4, 0.5) is 4.79 Å². The summed E-state index contributed by atoms with van der Waals surface area (Å²) in [6.45, 7) is 7.05. The number of carbonyl (C=O) groups is 2. The van der Waals surface area contributed by atoms with E-state index in [1.54, 1.807) is 27.7 Å². The van der Waals surface area contributed by atoms with Crippen molar-refractivity contribution in [2.45, 2.75) is 51.8 Å². The Morgan fingerprint density at radius 3 is 2.28 bits per heavy atom. The molecule has 0 spiro atoms. The lowest BCUT2D eigenvalue weighted by Crippen LogP contribution is -2.51. The number of nitrogens with one attached hydrogen (secondary N) is 2. The van der Waals surface area contributed by atoms with E-state index >= 15 is 0 Å². The molecule has 25 heavy (non-hydrogen) atoms. The van der Waals surface area contributed by atoms with Crippen molar-refractivity contribution in [2.24, 2.45) is 0 Å². The first-order valence-corrected chi connectivity index (χ1v) is 8.45. The van der Waals surface area contributed by atoms with Gasteiger partial charge in [-0.15, -0.1) is 0 Å². The number of carbonyl (C=O) groups excluding carboxylic acids is 2. The fraction of sp³-hybridized carbons (Fsp3) is 0.500. The van der Waals surface area contributed by atoms with Crippen LogP contribution in [0.1, 0.15) is 33.3 Å². The normalized spacial score (nSPS) is 13.3. The van der Waals surface area contributed by atoms with Crippen molar-refractivity contribution in [3.05, 3.63) is 35.9 Å². The van der Waals surface area contributed by atoms with Crippen molar-refractivity contribution >= 4 is 29.3 Å². The van der Waals surface area contributed by atoms with E-state index in [4.69, 9.17) is 21.7 Å². The molecule has 2 N–H and O–H groups in total. The second-order valence-corrected chi connectivity index (χ2v) is 7.08. The van der Waals surface area contributed by atoms with Crippen LogP contribution in [-0.2, 0) is 20.7 Å². The van der Waals surface area contributed by atoms with Crippen molar-refractivity contribution in [2.75, 3.05) is 7.11 Å². The highest BCUT2D eigenvalue weighted by molar-refractivity contribution is 7.80. The van der Waals surface area contributed by atoms with E-state index < -0.39 is 29.7 Å². The molecule has 2 atom stereocenters. The Hall–Kier alpha value is -2.15. The van der Waals surface area contributed by atoms with Gasteiger partial charge < -0.3 is 20.1 Å². The van der Waals surface area contributed by atoms with Gasteiger partial charge in [-0.2, -0.15) is 0 Å². The van der Waals surface area contributed by atoms with Crippen LogP contribution in [0.2, 0.25) is 0 Å². The molecule has 0 heterocycles. The molecule has 0 aromatic heterocycles. The molecule has 0 bridgehead atoms. The number of alkyl carbamates (subject to hydrolysis) is 1. The zero-order valence-electron chi connectivity index (χ0n) is 15.3. The van der Waals surface area contributed by atoms with E-state index in [2.05, 4.69) is 10.6 Å². The van der Waals surface area contributed by atoms with Crippen LogP contribution in [-0.4, -0.2) is 41.8 Å². The van der Waals surface area contributed by atoms with E-state index in [0.717, 1.165) is 5.56 Å². The second-order valence-electron chi connectivity index (χ2n) is 6.64. The van der Waals surface area contributed by atoms with E-state index in [0.29, 0.717) is 11.4 Å². The van der Waals surface area contributed by atoms with Crippen LogP contribution in [0.15, 0.2) is 30.3 Å². The molecule has 0 saturated heterocycles. The third kappa shape index (κ3) is 7.98. The highest BCUT2D eigenvalue weighted by atomic mass is 32.1. The van der Waals surface area contributed by atoms with E-state index in [1.807, 2.05) is 30.3 Å². The summed E-state index contributed by atoms with van der Waals surface area (Å²) in [7, 11) is 1.33. The minimum atomic E-state index is -0.636. The third-order valence-electron chi connectivity index (χ3n) is 3.21. The number of amides is 1. The molecule has 1 amide bonds. The largest absolute Gasteiger partial charge is 0.467 e. The zero-order valence-corrected chi connectivity index (χ0v) is 16.1. The van der Waals surface area contributed by atoms with Gasteiger partial charge >= 0.3 is 12.1 Å². The molecule has 0 aliphatic carbocycles. The van der Waals surface area contributed by atoms with Gasteiger partial charge in [0, 0.05) is 6.42 Å². The molecule has 0 aliphatic rings. The van der Waals surface area contributed by atoms with Crippen molar-refractivity contribution in [1.82, 2.24) is 10.6 Å². The molecule has 7 heteroatoms. The first kappa shape index (κ1) is 20.9. The van der Waals surface area contributed by atoms with Gasteiger partial charge in [-0.05, 0) is 33.3 Å². The maximum Gasteiger partial charge on any atom is 0.408 e. The number of benzene rings is 1. The molecule has 1 aromatic carbocycles. The first-order chi connectivity index (χ1) is 11.6. The molecule has 0 radical (unpaired) electrons. The SMILES string of the molecule is COC(=O)[C@H](Cc1ccccc1)NC(=S)[C@@H](C)NC(=O)OC(C)(C)C. The summed E-state index contributed by atoms with van der Waals surface area (Å²) in [5.41, 5.74) is 0.377. The third-order valence-corrected chi connectivity index (χ3v) is 3.68. The van der Waals surface area contributed by atoms with Crippen LogP contribution in [0.25, 0.3) is 0 Å². The summed E-state index contributed by atoms with van der Waals surface area (Å²) < 4.78 is 10.0. The minimum Gasteiger partial charge on any atom is -0.467 e. The number of ether oxygens (including phenoxy) is 2. The van der Waals surface area contributed by atoms with Crippen molar-refractivity contribution < 1.29 is 19.1 Å². The fourth-order valence-electron chi connectivity index (χ4n) is 2.03. The zero-order chi connectivity index (χ0) is 19.0. The molecule has 0 aliphatic heterocycles. The molecule has 1 aromatic rings. The Kier molecular flexibility index (Phi) is 7.83. The maximum atomic E-state index is 12.0. The second kappa shape index (κ2) is 9.36. The quantitative estimate of drug-likeness (QED) is 0.595. The van der Waals surface area contributed by atoms with Gasteiger partial charge in [0.1, 0.15) is 11.6 Å². The topological polar surface area (TPSA) is 76.7 Å². The van der Waals surface area contributed by atoms with Gasteiger partial charge in [0.05, 0.1) is 18.1 Å². The van der Waals surface area contributed by atoms with Crippen LogP contribution in [0, 0.1) is 0 Å². The van der Waals surface area contributed by atoms with Crippen LogP contribution in [0.3, 0.4) is 0 Å². The molecule has 0 fully saturated rings. The van der Waals surface area contributed by atoms with Crippen LogP contribution in [0.5, 0.6) is 0 Å². The minimum absolute atomic E-state index is 0.331. The monoisotopic (exact) mass is 366 g/mol. The maximum absolute atomic E-state index is 12.0. The van der Waals surface area contributed by atoms with Gasteiger partial charge in [0.15, 0.2) is 0 Å². The predicted octanol–water partition coefficient (Wildman–Crippen LogP) is 2.60. The molecule has 1 rings (SSSR count). The summed E-state index contributed by atoms with van der Waals surface area (Å²) in [6, 6.07) is 8.41. The Morgan fingerprint density at radius 2 is 1.76 bits per heavy atom. The van der Waals surface area contributed by atoms with Crippen molar-refractivity contribution in [1.29, 1.82) is 0 Å². The highest BCUT2D eigenvalue weighted by Gasteiger charge is 2.24. The number of hydrogen-bond acceptors (Lipinski definition) is 5. The van der Waals surface area contributed by atoms with Crippen LogP contribution < -0.4 is 10.6 Å². The lowest BCUT2D eigenvalue weighted by atomic mass is 10.1. The van der Waals surface area contributed by atoms with Crippen molar-refractivity contribution in [3.8, 4) is 0 Å². The number of methoxy groups -OCH3 is 1. The van der Waals surface area contributed by atoms with Gasteiger partial charge in [-0.3, -0.25) is 0 Å². The molecule has 0 saturated carbocycles. The molecule has 0 unspecified atom stereocenters. The summed E-state index contributed by atoms with van der Waals surface area (Å²) in [5, 5.41) is 5.62. The summed E-state index contributed by atoms with van der Waals surface area (Å²) >= 11 is 5.31. The Labute approximate surface area is 154 Å². The van der Waals surface area contributed by atoms with E-state index in [1.165, 1.54) is 7.11 Å². The van der Waals surface area contributed by atoms with Gasteiger partial charge in [-0.25, -0.2) is 9.59 Å². The Bertz CT molecular complexity index is 599. The van der Waals surface area contributed by atoms with Gasteiger partial charge in [0.25, 0.3) is 0 Å². The van der Waals surface area contributed by atoms with E-state index in [9.17, 15) is 9.59 Å². The van der Waals surface area contributed by atoms with Gasteiger partial charge in [0.2, 0.25) is 0 Å². The smallest absolute Gasteiger partial charge is 0.408 e. The van der Waals surface area contributed by atoms with E-state index in [-0.39, 0.29) is 0 Å². The van der Waals surface area contributed by atoms with Crippen LogP contribution >= 0.6 is 12.2 Å². The Morgan fingerprint density at radius 1 is 1.16 bits per heavy atom. The first-order valence-electron chi connectivity index (χ1n) is 8.04. The molecule has 138 valence electrons. The number of esters is 1. The average molecular weight is 366 g/mol. The summed E-state index contributed by atoms with van der Waals surface area (Å²) in [4.78, 5) is 24.2. The highest BCUT2D eigenvalue weighted by Crippen LogP contribution is 2.08. The average Bonchev–Trinajstić information content (AvgIpc) is 2.52. The molecular formula is C18H26N2O4S. The van der Waals surface area contributed by atoms with Crippen molar-refractivity contribution in [3.63, 3.8) is 0 Å². The van der Waals surface area contributed by atoms with Gasteiger partial charge in [-0.1, -0.05) is 42.5 Å². The summed E-state index contributed by atoms with van der Waals surface area (Å²) in [5.74, 6) is -0.421. The summed E-state index contributed by atoms with van der Waals surface area (Å²) in [6.07, 6.45) is -0.144. The molecular weight excluding hydrogens is 340 g/mol. The lowest BCUT2D eigenvalue weighted by molar-refractivity contribution is -0.142. The standard InChI is InChI=1S/C18H26N2O4S/c1-12(19-17(22)24-18(2,3)4)15(25)20-14(16(21)23-5)11-13-9-7-6-8-10-13/h6-10,12,14H,11H2,1-5H3,(H,19,22)(H,20,25)/t12-,14+/m1/s1. The Balaban J connectivity index is 2.68. The number of rotatable bonds is 6. The lowest BCUT2D eigenvalue weighted by Gasteiger charge is -2.24. The molecule has 6 nitrogen and oxygen atoms in total. The predicted molar refractivity (Wildman–Crippen MR) is 101 cm³/mol. The fourth-order valence-corrected chi connectivity index (χ4v) is 2.23. The number of hydrogen-bond donors (Lipinski definition) is 2. The number of thiocarbonyl (C=S) groups is 1.